The largest absolute Gasteiger partial charge is 0.360 e. The predicted octanol–water partition coefficient (Wildman–Crippen LogP) is 2.19. The van der Waals surface area contributed by atoms with Crippen molar-refractivity contribution < 1.29 is 0 Å². The Kier molecular flexibility index (Phi) is 3.10. The maximum absolute atomic E-state index is 11.6. The third-order valence-electron chi connectivity index (χ3n) is 2.23. The number of aromatic nitrogens is 1. The lowest BCUT2D eigenvalue weighted by Crippen LogP contribution is -2.00. The average Bonchev–Trinajstić information content (AvgIpc) is 2.36. The molecule has 0 aliphatic rings. The van der Waals surface area contributed by atoms with Crippen molar-refractivity contribution in [3.8, 4) is 11.8 Å². The Morgan fingerprint density at radius 2 is 2.29 bits per heavy atom. The molecule has 0 bridgehead atoms. The molecule has 0 amide bonds. The van der Waals surface area contributed by atoms with Gasteiger partial charge in [-0.3, -0.25) is 4.79 Å². The topological polar surface area (TPSA) is 81.6 Å². The van der Waals surface area contributed by atoms with E-state index in [2.05, 4.69) is 26.9 Å². The molecule has 0 aliphatic heterocycles. The van der Waals surface area contributed by atoms with Gasteiger partial charge in [-0.05, 0) is 17.7 Å². The summed E-state index contributed by atoms with van der Waals surface area (Å²) in [6.07, 6.45) is 1.59. The first-order chi connectivity index (χ1) is 8.33. The number of pyridine rings is 1. The Balaban J connectivity index is 2.54. The van der Waals surface area contributed by atoms with Crippen LogP contribution < -0.4 is 5.43 Å². The van der Waals surface area contributed by atoms with Crippen LogP contribution in [0.1, 0.15) is 5.56 Å². The minimum Gasteiger partial charge on any atom is -0.360 e. The number of nitrogens with zero attached hydrogens (tertiary/aromatic N) is 3. The van der Waals surface area contributed by atoms with Crippen molar-refractivity contribution in [2.24, 2.45) is 5.11 Å². The van der Waals surface area contributed by atoms with Gasteiger partial charge in [-0.15, -0.1) is 0 Å². The number of hydrogen-bond donors (Lipinski definition) is 1. The number of benzene rings is 1. The molecule has 0 radical (unpaired) electrons. The molecule has 17 heavy (non-hydrogen) atoms. The lowest BCUT2D eigenvalue weighted by Gasteiger charge is -1.98. The standard InChI is InChI=1S/C12H8N4O/c13-16-15-7-2-4-9-3-1-5-10-11(17)6-8-14-12(9)10/h1,3,5-6,8H,7H2,(H,14,17). The zero-order valence-electron chi connectivity index (χ0n) is 8.84. The zero-order valence-corrected chi connectivity index (χ0v) is 8.84. The Hall–Kier alpha value is -2.70. The fraction of sp³-hybridized carbons (Fsp3) is 0.0833. The summed E-state index contributed by atoms with van der Waals surface area (Å²) in [7, 11) is 0. The number of azide groups is 1. The number of H-pyrrole nitrogens is 1. The van der Waals surface area contributed by atoms with Crippen LogP contribution in [0, 0.1) is 11.8 Å². The highest BCUT2D eigenvalue weighted by molar-refractivity contribution is 5.84. The molecule has 0 unspecified atom stereocenters. The Bertz CT molecular complexity index is 714. The van der Waals surface area contributed by atoms with E-state index in [0.717, 1.165) is 0 Å². The molecule has 0 saturated heterocycles. The molecule has 82 valence electrons. The summed E-state index contributed by atoms with van der Waals surface area (Å²) in [6, 6.07) is 6.79. The first-order valence-corrected chi connectivity index (χ1v) is 4.93. The van der Waals surface area contributed by atoms with Gasteiger partial charge >= 0.3 is 0 Å². The van der Waals surface area contributed by atoms with Gasteiger partial charge in [-0.25, -0.2) is 0 Å². The van der Waals surface area contributed by atoms with E-state index in [1.54, 1.807) is 24.4 Å². The van der Waals surface area contributed by atoms with Crippen molar-refractivity contribution in [2.45, 2.75) is 0 Å². The van der Waals surface area contributed by atoms with Gasteiger partial charge in [0.25, 0.3) is 0 Å². The maximum Gasteiger partial charge on any atom is 0.189 e. The van der Waals surface area contributed by atoms with E-state index in [1.807, 2.05) is 0 Å². The van der Waals surface area contributed by atoms with Gasteiger partial charge in [0.1, 0.15) is 0 Å². The van der Waals surface area contributed by atoms with Crippen molar-refractivity contribution in [1.29, 1.82) is 0 Å². The summed E-state index contributed by atoms with van der Waals surface area (Å²) in [5.41, 5.74) is 9.49. The lowest BCUT2D eigenvalue weighted by atomic mass is 10.1. The number of nitrogens with one attached hydrogen (secondary N) is 1. The average molecular weight is 224 g/mol. The maximum atomic E-state index is 11.6. The molecule has 2 aromatic rings. The minimum atomic E-state index is -0.0440. The number of hydrogen-bond acceptors (Lipinski definition) is 2. The number of para-hydroxylation sites is 1. The number of aromatic amines is 1. The van der Waals surface area contributed by atoms with Crippen LogP contribution in [0.25, 0.3) is 21.3 Å². The highest BCUT2D eigenvalue weighted by Crippen LogP contribution is 2.11. The molecule has 5 heteroatoms. The first kappa shape index (κ1) is 10.8. The fourth-order valence-corrected chi connectivity index (χ4v) is 1.51. The van der Waals surface area contributed by atoms with Gasteiger partial charge in [0, 0.05) is 28.1 Å². The molecule has 2 rings (SSSR count). The van der Waals surface area contributed by atoms with E-state index in [-0.39, 0.29) is 12.0 Å². The van der Waals surface area contributed by atoms with Gasteiger partial charge < -0.3 is 4.98 Å². The van der Waals surface area contributed by atoms with Crippen molar-refractivity contribution in [1.82, 2.24) is 4.98 Å². The highest BCUT2D eigenvalue weighted by Gasteiger charge is 2.00. The van der Waals surface area contributed by atoms with E-state index < -0.39 is 0 Å². The Morgan fingerprint density at radius 3 is 3.12 bits per heavy atom. The quantitative estimate of drug-likeness (QED) is 0.342. The van der Waals surface area contributed by atoms with E-state index in [9.17, 15) is 4.79 Å². The molecular formula is C12H8N4O. The monoisotopic (exact) mass is 224 g/mol. The molecule has 0 fully saturated rings. The van der Waals surface area contributed by atoms with Gasteiger partial charge in [-0.1, -0.05) is 23.0 Å². The second-order valence-corrected chi connectivity index (χ2v) is 3.26. The zero-order chi connectivity index (χ0) is 12.1. The molecule has 1 heterocycles. The van der Waals surface area contributed by atoms with Crippen molar-refractivity contribution >= 4 is 10.9 Å². The summed E-state index contributed by atoms with van der Waals surface area (Å²) in [6.45, 7) is 0.115. The third-order valence-corrected chi connectivity index (χ3v) is 2.23. The number of fused-ring (bicyclic) bond motifs is 1. The van der Waals surface area contributed by atoms with Crippen LogP contribution in [0.2, 0.25) is 0 Å². The predicted molar refractivity (Wildman–Crippen MR) is 65.5 cm³/mol. The van der Waals surface area contributed by atoms with Crippen LogP contribution >= 0.6 is 0 Å². The van der Waals surface area contributed by atoms with Crippen LogP contribution in [0.5, 0.6) is 0 Å². The van der Waals surface area contributed by atoms with E-state index >= 15 is 0 Å². The van der Waals surface area contributed by atoms with Gasteiger partial charge in [0.2, 0.25) is 0 Å². The first-order valence-electron chi connectivity index (χ1n) is 4.93. The van der Waals surface area contributed by atoms with Crippen LogP contribution in [0.15, 0.2) is 40.4 Å². The van der Waals surface area contributed by atoms with Crippen molar-refractivity contribution in [3.63, 3.8) is 0 Å². The van der Waals surface area contributed by atoms with Crippen LogP contribution in [-0.4, -0.2) is 11.5 Å². The van der Waals surface area contributed by atoms with Crippen LogP contribution in [0.4, 0.5) is 0 Å². The lowest BCUT2D eigenvalue weighted by molar-refractivity contribution is 1.25. The fourth-order valence-electron chi connectivity index (χ4n) is 1.51. The molecular weight excluding hydrogens is 216 g/mol. The molecule has 0 saturated carbocycles. The van der Waals surface area contributed by atoms with Gasteiger partial charge in [0.05, 0.1) is 12.1 Å². The summed E-state index contributed by atoms with van der Waals surface area (Å²) < 4.78 is 0. The Morgan fingerprint density at radius 1 is 1.41 bits per heavy atom. The molecule has 5 nitrogen and oxygen atoms in total. The van der Waals surface area contributed by atoms with Crippen LogP contribution in [-0.2, 0) is 0 Å². The Labute approximate surface area is 96.7 Å². The highest BCUT2D eigenvalue weighted by atomic mass is 16.1. The van der Waals surface area contributed by atoms with Crippen molar-refractivity contribution in [2.75, 3.05) is 6.54 Å². The second kappa shape index (κ2) is 4.88. The summed E-state index contributed by atoms with van der Waals surface area (Å²) in [5, 5.41) is 3.92. The van der Waals surface area contributed by atoms with Gasteiger partial charge in [-0.2, -0.15) is 0 Å². The molecule has 0 atom stereocenters. The molecule has 1 aromatic heterocycles. The SMILES string of the molecule is [N-]=[N+]=NCC#Cc1cccc2c(=O)cc[nH]c12. The minimum absolute atomic E-state index is 0.0440. The summed E-state index contributed by atoms with van der Waals surface area (Å²) in [4.78, 5) is 17.2. The molecule has 1 N–H and O–H groups in total. The van der Waals surface area contributed by atoms with Gasteiger partial charge in [0.15, 0.2) is 5.43 Å². The van der Waals surface area contributed by atoms with Crippen molar-refractivity contribution in [3.05, 3.63) is 56.7 Å². The molecule has 0 aliphatic carbocycles. The number of rotatable bonds is 1. The summed E-state index contributed by atoms with van der Waals surface area (Å²) in [5.74, 6) is 5.59. The van der Waals surface area contributed by atoms with E-state index in [0.29, 0.717) is 16.5 Å². The molecule has 0 spiro atoms. The molecule has 1 aromatic carbocycles. The van der Waals surface area contributed by atoms with E-state index in [1.165, 1.54) is 6.07 Å². The summed E-state index contributed by atoms with van der Waals surface area (Å²) >= 11 is 0. The van der Waals surface area contributed by atoms with E-state index in [4.69, 9.17) is 5.53 Å². The smallest absolute Gasteiger partial charge is 0.189 e. The van der Waals surface area contributed by atoms with Crippen LogP contribution in [0.3, 0.4) is 0 Å². The second-order valence-electron chi connectivity index (χ2n) is 3.26. The normalized spacial score (nSPS) is 9.18. The third kappa shape index (κ3) is 2.28.